The monoisotopic (exact) mass is 751 g/mol. The SMILES string of the molecule is CCCCCCCCCCCCCCCOCCOCCOCCOCCOCCOCCOCCOCCOCCOC(=O)C(CC)CCCC. The van der Waals surface area contributed by atoms with E-state index in [0.29, 0.717) is 112 Å². The van der Waals surface area contributed by atoms with Crippen LogP contribution in [0, 0.1) is 5.92 Å². The topological polar surface area (TPSA) is 109 Å². The highest BCUT2D eigenvalue weighted by Gasteiger charge is 2.17. The normalized spacial score (nSPS) is 12.1. The molecular formula is C41H82O11. The molecule has 0 N–H and O–H groups in total. The van der Waals surface area contributed by atoms with E-state index in [1.165, 1.54) is 77.0 Å². The number of rotatable bonds is 46. The lowest BCUT2D eigenvalue weighted by Gasteiger charge is -2.13. The number of hydrogen-bond donors (Lipinski definition) is 0. The Bertz CT molecular complexity index is 671. The Hall–Kier alpha value is -0.890. The van der Waals surface area contributed by atoms with Gasteiger partial charge in [0.1, 0.15) is 6.61 Å². The average Bonchev–Trinajstić information content (AvgIpc) is 3.15. The van der Waals surface area contributed by atoms with E-state index in [1.54, 1.807) is 0 Å². The molecule has 0 bridgehead atoms. The zero-order chi connectivity index (χ0) is 37.7. The molecule has 0 rings (SSSR count). The second-order valence-electron chi connectivity index (χ2n) is 13.2. The first-order valence-electron chi connectivity index (χ1n) is 21.1. The largest absolute Gasteiger partial charge is 0.463 e. The molecule has 312 valence electrons. The van der Waals surface area contributed by atoms with Gasteiger partial charge in [0, 0.05) is 6.61 Å². The van der Waals surface area contributed by atoms with E-state index >= 15 is 0 Å². The molecule has 11 nitrogen and oxygen atoms in total. The van der Waals surface area contributed by atoms with E-state index in [4.69, 9.17) is 47.4 Å². The highest BCUT2D eigenvalue weighted by atomic mass is 16.6. The number of hydrogen-bond acceptors (Lipinski definition) is 11. The van der Waals surface area contributed by atoms with Gasteiger partial charge in [-0.3, -0.25) is 4.79 Å². The zero-order valence-electron chi connectivity index (χ0n) is 34.0. The fraction of sp³-hybridized carbons (Fsp3) is 0.976. The first kappa shape index (κ1) is 51.1. The van der Waals surface area contributed by atoms with Crippen molar-refractivity contribution in [3.05, 3.63) is 0 Å². The molecule has 0 aromatic heterocycles. The summed E-state index contributed by atoms with van der Waals surface area (Å²) in [5, 5.41) is 0. The minimum atomic E-state index is -0.115. The van der Waals surface area contributed by atoms with Crippen LogP contribution in [0.2, 0.25) is 0 Å². The Morgan fingerprint density at radius 3 is 0.904 bits per heavy atom. The van der Waals surface area contributed by atoms with Crippen molar-refractivity contribution in [2.24, 2.45) is 5.92 Å². The van der Waals surface area contributed by atoms with Gasteiger partial charge in [-0.1, -0.05) is 111 Å². The molecule has 0 saturated heterocycles. The molecule has 1 unspecified atom stereocenters. The summed E-state index contributed by atoms with van der Waals surface area (Å²) >= 11 is 0. The predicted octanol–water partition coefficient (Wildman–Crippen LogP) is 7.99. The summed E-state index contributed by atoms with van der Waals surface area (Å²) in [6.45, 7) is 16.4. The van der Waals surface area contributed by atoms with Crippen molar-refractivity contribution in [2.45, 2.75) is 130 Å². The van der Waals surface area contributed by atoms with Crippen LogP contribution in [0.15, 0.2) is 0 Å². The zero-order valence-corrected chi connectivity index (χ0v) is 34.0. The number of ether oxygens (including phenoxy) is 10. The predicted molar refractivity (Wildman–Crippen MR) is 207 cm³/mol. The molecule has 0 radical (unpaired) electrons. The van der Waals surface area contributed by atoms with Gasteiger partial charge in [-0.05, 0) is 19.3 Å². The third-order valence-corrected chi connectivity index (χ3v) is 8.57. The second-order valence-corrected chi connectivity index (χ2v) is 13.2. The molecule has 0 aliphatic heterocycles. The number of carbonyl (C=O) groups excluding carboxylic acids is 1. The maximum atomic E-state index is 12.0. The highest BCUT2D eigenvalue weighted by molar-refractivity contribution is 5.72. The van der Waals surface area contributed by atoms with Crippen molar-refractivity contribution < 1.29 is 52.2 Å². The van der Waals surface area contributed by atoms with Crippen LogP contribution in [-0.4, -0.2) is 132 Å². The van der Waals surface area contributed by atoms with Gasteiger partial charge >= 0.3 is 5.97 Å². The van der Waals surface area contributed by atoms with Crippen LogP contribution in [0.3, 0.4) is 0 Å². The fourth-order valence-electron chi connectivity index (χ4n) is 5.34. The van der Waals surface area contributed by atoms with Gasteiger partial charge in [0.15, 0.2) is 0 Å². The van der Waals surface area contributed by atoms with Crippen molar-refractivity contribution >= 4 is 5.97 Å². The summed E-state index contributed by atoms with van der Waals surface area (Å²) in [7, 11) is 0. The van der Waals surface area contributed by atoms with Crippen molar-refractivity contribution in [1.82, 2.24) is 0 Å². The van der Waals surface area contributed by atoms with Crippen molar-refractivity contribution in [3.8, 4) is 0 Å². The summed E-state index contributed by atoms with van der Waals surface area (Å²) in [5.41, 5.74) is 0. The Morgan fingerprint density at radius 1 is 0.327 bits per heavy atom. The van der Waals surface area contributed by atoms with Crippen molar-refractivity contribution in [3.63, 3.8) is 0 Å². The second kappa shape index (κ2) is 46.3. The number of carbonyl (C=O) groups is 1. The molecule has 0 saturated carbocycles. The van der Waals surface area contributed by atoms with Crippen LogP contribution in [0.5, 0.6) is 0 Å². The molecule has 0 aromatic carbocycles. The first-order valence-corrected chi connectivity index (χ1v) is 21.1. The van der Waals surface area contributed by atoms with Gasteiger partial charge in [-0.15, -0.1) is 0 Å². The third-order valence-electron chi connectivity index (χ3n) is 8.57. The molecule has 0 aromatic rings. The van der Waals surface area contributed by atoms with Crippen LogP contribution in [0.25, 0.3) is 0 Å². The molecule has 52 heavy (non-hydrogen) atoms. The van der Waals surface area contributed by atoms with E-state index in [1.807, 2.05) is 6.92 Å². The fourth-order valence-corrected chi connectivity index (χ4v) is 5.34. The summed E-state index contributed by atoms with van der Waals surface area (Å²) in [6, 6.07) is 0. The van der Waals surface area contributed by atoms with Gasteiger partial charge in [-0.2, -0.15) is 0 Å². The minimum absolute atomic E-state index is 0.000562. The molecule has 0 fully saturated rings. The molecule has 0 aliphatic carbocycles. The molecular weight excluding hydrogens is 668 g/mol. The maximum Gasteiger partial charge on any atom is 0.308 e. The maximum absolute atomic E-state index is 12.0. The van der Waals surface area contributed by atoms with Gasteiger partial charge < -0.3 is 47.4 Å². The van der Waals surface area contributed by atoms with Crippen molar-refractivity contribution in [1.29, 1.82) is 0 Å². The highest BCUT2D eigenvalue weighted by Crippen LogP contribution is 2.14. The Balaban J connectivity index is 3.12. The average molecular weight is 751 g/mol. The molecule has 11 heteroatoms. The lowest BCUT2D eigenvalue weighted by atomic mass is 10.00. The van der Waals surface area contributed by atoms with E-state index < -0.39 is 0 Å². The molecule has 0 aliphatic rings. The summed E-state index contributed by atoms with van der Waals surface area (Å²) in [4.78, 5) is 12.0. The van der Waals surface area contributed by atoms with E-state index in [2.05, 4.69) is 13.8 Å². The lowest BCUT2D eigenvalue weighted by molar-refractivity contribution is -0.150. The standard InChI is InChI=1S/C41H82O11/c1-4-7-9-10-11-12-13-14-15-16-17-18-19-21-43-22-23-44-24-25-45-26-27-46-28-29-47-30-31-48-32-33-49-34-35-50-36-37-51-38-39-52-41(42)40(6-3)20-8-5-2/h40H,4-39H2,1-3H3. The number of unbranched alkanes of at least 4 members (excludes halogenated alkanes) is 13. The van der Waals surface area contributed by atoms with Crippen LogP contribution in [0.4, 0.5) is 0 Å². The van der Waals surface area contributed by atoms with E-state index in [9.17, 15) is 4.79 Å². The molecule has 0 heterocycles. The van der Waals surface area contributed by atoms with Crippen LogP contribution in [-0.2, 0) is 52.2 Å². The third kappa shape index (κ3) is 41.9. The summed E-state index contributed by atoms with van der Waals surface area (Å²) in [5.74, 6) is -0.114. The van der Waals surface area contributed by atoms with Gasteiger partial charge in [0.2, 0.25) is 0 Å². The van der Waals surface area contributed by atoms with E-state index in [0.717, 1.165) is 38.7 Å². The molecule has 0 spiro atoms. The van der Waals surface area contributed by atoms with Gasteiger partial charge in [0.05, 0.1) is 118 Å². The first-order chi connectivity index (χ1) is 25.8. The van der Waals surface area contributed by atoms with Gasteiger partial charge in [0.25, 0.3) is 0 Å². The van der Waals surface area contributed by atoms with E-state index in [-0.39, 0.29) is 18.5 Å². The Morgan fingerprint density at radius 2 is 0.596 bits per heavy atom. The number of esters is 1. The minimum Gasteiger partial charge on any atom is -0.463 e. The van der Waals surface area contributed by atoms with Crippen LogP contribution in [0.1, 0.15) is 130 Å². The molecule has 0 amide bonds. The Labute approximate surface area is 319 Å². The Kier molecular flexibility index (Phi) is 45.5. The van der Waals surface area contributed by atoms with Crippen LogP contribution >= 0.6 is 0 Å². The summed E-state index contributed by atoms with van der Waals surface area (Å²) in [6.07, 6.45) is 21.6. The lowest BCUT2D eigenvalue weighted by Crippen LogP contribution is -2.20. The smallest absolute Gasteiger partial charge is 0.308 e. The summed E-state index contributed by atoms with van der Waals surface area (Å²) < 4.78 is 55.1. The van der Waals surface area contributed by atoms with Crippen molar-refractivity contribution in [2.75, 3.05) is 126 Å². The quantitative estimate of drug-likeness (QED) is 0.0446. The molecule has 1 atom stereocenters. The van der Waals surface area contributed by atoms with Gasteiger partial charge in [-0.25, -0.2) is 0 Å². The van der Waals surface area contributed by atoms with Crippen LogP contribution < -0.4 is 0 Å².